The molecule has 0 spiro atoms. The predicted molar refractivity (Wildman–Crippen MR) is 75.9 cm³/mol. The maximum atomic E-state index is 9.10. The fourth-order valence-electron chi connectivity index (χ4n) is 1.88. The largest absolute Gasteiger partial charge is 0.385 e. The maximum absolute atomic E-state index is 9.10. The molecule has 0 amide bonds. The highest BCUT2D eigenvalue weighted by Crippen LogP contribution is 2.30. The second-order valence-electron chi connectivity index (χ2n) is 3.96. The smallest absolute Gasteiger partial charge is 0.0998 e. The van der Waals surface area contributed by atoms with Crippen LogP contribution in [-0.2, 0) is 4.74 Å². The Labute approximate surface area is 112 Å². The lowest BCUT2D eigenvalue weighted by molar-refractivity contribution is 0.200. The minimum atomic E-state index is 0.742. The number of rotatable bonds is 5. The van der Waals surface area contributed by atoms with E-state index in [9.17, 15) is 0 Å². The number of benzene rings is 2. The molecule has 2 rings (SSSR count). The van der Waals surface area contributed by atoms with Gasteiger partial charge in [-0.25, -0.2) is 0 Å². The minimum absolute atomic E-state index is 0.742. The second-order valence-corrected chi connectivity index (χ2v) is 5.10. The first-order valence-corrected chi connectivity index (χ1v) is 6.89. The van der Waals surface area contributed by atoms with Gasteiger partial charge in [-0.3, -0.25) is 0 Å². The van der Waals surface area contributed by atoms with Crippen LogP contribution in [0.1, 0.15) is 12.0 Å². The summed E-state index contributed by atoms with van der Waals surface area (Å²) in [7, 11) is 1.72. The second kappa shape index (κ2) is 6.44. The molecule has 0 aliphatic heterocycles. The normalized spacial score (nSPS) is 10.4. The number of hydrogen-bond donors (Lipinski definition) is 0. The van der Waals surface area contributed by atoms with Crippen LogP contribution in [0.25, 0.3) is 10.8 Å². The van der Waals surface area contributed by atoms with E-state index in [1.165, 1.54) is 10.3 Å². The van der Waals surface area contributed by atoms with Crippen LogP contribution >= 0.6 is 11.8 Å². The average Bonchev–Trinajstić information content (AvgIpc) is 2.43. The van der Waals surface area contributed by atoms with Crippen LogP contribution in [0.2, 0.25) is 0 Å². The van der Waals surface area contributed by atoms with Crippen molar-refractivity contribution >= 4 is 22.5 Å². The lowest BCUT2D eigenvalue weighted by atomic mass is 10.1. The van der Waals surface area contributed by atoms with E-state index in [4.69, 9.17) is 10.00 Å². The molecule has 0 bridgehead atoms. The maximum Gasteiger partial charge on any atom is 0.0998 e. The molecule has 0 saturated heterocycles. The number of thioether (sulfide) groups is 1. The Morgan fingerprint density at radius 2 is 1.94 bits per heavy atom. The van der Waals surface area contributed by atoms with Gasteiger partial charge in [0.1, 0.15) is 0 Å². The molecule has 3 heteroatoms. The van der Waals surface area contributed by atoms with Crippen molar-refractivity contribution in [1.29, 1.82) is 5.26 Å². The zero-order valence-corrected chi connectivity index (χ0v) is 11.2. The first kappa shape index (κ1) is 12.9. The standard InChI is InChI=1S/C15H15NOS/c1-17-9-4-10-18-15-8-7-12(11-16)13-5-2-3-6-14(13)15/h2-3,5-8H,4,9-10H2,1H3. The Kier molecular flexibility index (Phi) is 4.63. The van der Waals surface area contributed by atoms with Gasteiger partial charge in [0.15, 0.2) is 0 Å². The first-order chi connectivity index (χ1) is 8.86. The van der Waals surface area contributed by atoms with Gasteiger partial charge in [0.05, 0.1) is 11.6 Å². The topological polar surface area (TPSA) is 33.0 Å². The first-order valence-electron chi connectivity index (χ1n) is 5.90. The Morgan fingerprint density at radius 3 is 2.67 bits per heavy atom. The number of ether oxygens (including phenoxy) is 1. The molecule has 0 N–H and O–H groups in total. The van der Waals surface area contributed by atoms with E-state index >= 15 is 0 Å². The van der Waals surface area contributed by atoms with Crippen LogP contribution in [0.3, 0.4) is 0 Å². The number of hydrogen-bond acceptors (Lipinski definition) is 3. The Morgan fingerprint density at radius 1 is 1.17 bits per heavy atom. The van der Waals surface area contributed by atoms with Crippen LogP contribution in [-0.4, -0.2) is 19.5 Å². The number of fused-ring (bicyclic) bond motifs is 1. The third kappa shape index (κ3) is 2.84. The van der Waals surface area contributed by atoms with Crippen molar-refractivity contribution in [2.75, 3.05) is 19.5 Å². The van der Waals surface area contributed by atoms with Gasteiger partial charge in [0.2, 0.25) is 0 Å². The van der Waals surface area contributed by atoms with Crippen molar-refractivity contribution in [1.82, 2.24) is 0 Å². The molecule has 0 fully saturated rings. The highest BCUT2D eigenvalue weighted by molar-refractivity contribution is 7.99. The Balaban J connectivity index is 2.27. The molecule has 0 saturated carbocycles. The molecule has 0 atom stereocenters. The van der Waals surface area contributed by atoms with E-state index in [0.29, 0.717) is 0 Å². The molecule has 0 heterocycles. The van der Waals surface area contributed by atoms with Gasteiger partial charge in [-0.15, -0.1) is 11.8 Å². The third-order valence-electron chi connectivity index (χ3n) is 2.75. The lowest BCUT2D eigenvalue weighted by Crippen LogP contribution is -1.91. The average molecular weight is 257 g/mol. The summed E-state index contributed by atoms with van der Waals surface area (Å²) in [5.41, 5.74) is 0.742. The molecule has 2 aromatic carbocycles. The summed E-state index contributed by atoms with van der Waals surface area (Å²) in [6.07, 6.45) is 1.04. The van der Waals surface area contributed by atoms with Gasteiger partial charge in [0.25, 0.3) is 0 Å². The summed E-state index contributed by atoms with van der Waals surface area (Å²) in [6.45, 7) is 0.793. The van der Waals surface area contributed by atoms with E-state index in [2.05, 4.69) is 12.1 Å². The highest BCUT2D eigenvalue weighted by Gasteiger charge is 2.05. The SMILES string of the molecule is COCCCSc1ccc(C#N)c2ccccc12. The molecule has 92 valence electrons. The van der Waals surface area contributed by atoms with E-state index in [-0.39, 0.29) is 0 Å². The van der Waals surface area contributed by atoms with Crippen molar-refractivity contribution in [3.05, 3.63) is 42.0 Å². The van der Waals surface area contributed by atoms with Gasteiger partial charge >= 0.3 is 0 Å². The molecular formula is C15H15NOS. The van der Waals surface area contributed by atoms with Crippen molar-refractivity contribution in [2.24, 2.45) is 0 Å². The summed E-state index contributed by atoms with van der Waals surface area (Å²) in [6, 6.07) is 14.3. The molecule has 2 nitrogen and oxygen atoms in total. The molecule has 0 aromatic heterocycles. The summed E-state index contributed by atoms with van der Waals surface area (Å²) in [5, 5.41) is 11.3. The van der Waals surface area contributed by atoms with E-state index in [0.717, 1.165) is 29.7 Å². The third-order valence-corrected chi connectivity index (χ3v) is 3.91. The zero-order chi connectivity index (χ0) is 12.8. The van der Waals surface area contributed by atoms with Crippen LogP contribution in [0.5, 0.6) is 0 Å². The quantitative estimate of drug-likeness (QED) is 0.602. The number of nitriles is 1. The summed E-state index contributed by atoms with van der Waals surface area (Å²) >= 11 is 1.82. The lowest BCUT2D eigenvalue weighted by Gasteiger charge is -2.07. The highest BCUT2D eigenvalue weighted by atomic mass is 32.2. The van der Waals surface area contributed by atoms with Gasteiger partial charge in [-0.1, -0.05) is 24.3 Å². The van der Waals surface area contributed by atoms with Crippen LogP contribution < -0.4 is 0 Å². The van der Waals surface area contributed by atoms with Crippen molar-refractivity contribution in [3.8, 4) is 6.07 Å². The summed E-state index contributed by atoms with van der Waals surface area (Å²) < 4.78 is 5.05. The van der Waals surface area contributed by atoms with E-state index in [1.54, 1.807) is 7.11 Å². The van der Waals surface area contributed by atoms with Gasteiger partial charge < -0.3 is 4.74 Å². The predicted octanol–water partition coefficient (Wildman–Crippen LogP) is 3.84. The Bertz CT molecular complexity index is 574. The van der Waals surface area contributed by atoms with Crippen LogP contribution in [0.15, 0.2) is 41.3 Å². The van der Waals surface area contributed by atoms with Crippen molar-refractivity contribution < 1.29 is 4.74 Å². The summed E-state index contributed by atoms with van der Waals surface area (Å²) in [4.78, 5) is 1.24. The number of nitrogens with zero attached hydrogens (tertiary/aromatic N) is 1. The Hall–Kier alpha value is -1.50. The molecule has 0 aliphatic rings. The molecule has 0 radical (unpaired) electrons. The van der Waals surface area contributed by atoms with E-state index in [1.807, 2.05) is 42.1 Å². The van der Waals surface area contributed by atoms with Crippen molar-refractivity contribution in [2.45, 2.75) is 11.3 Å². The molecule has 2 aromatic rings. The van der Waals surface area contributed by atoms with E-state index < -0.39 is 0 Å². The molecule has 0 unspecified atom stereocenters. The van der Waals surface area contributed by atoms with Gasteiger partial charge in [-0.2, -0.15) is 5.26 Å². The minimum Gasteiger partial charge on any atom is -0.385 e. The van der Waals surface area contributed by atoms with Gasteiger partial charge in [0, 0.05) is 29.8 Å². The fraction of sp³-hybridized carbons (Fsp3) is 0.267. The molecule has 0 aliphatic carbocycles. The molecular weight excluding hydrogens is 242 g/mol. The molecule has 18 heavy (non-hydrogen) atoms. The van der Waals surface area contributed by atoms with Crippen LogP contribution in [0.4, 0.5) is 0 Å². The van der Waals surface area contributed by atoms with Crippen LogP contribution in [0, 0.1) is 11.3 Å². The number of methoxy groups -OCH3 is 1. The van der Waals surface area contributed by atoms with Gasteiger partial charge in [-0.05, 0) is 23.9 Å². The summed E-state index contributed by atoms with van der Waals surface area (Å²) in [5.74, 6) is 1.03. The zero-order valence-electron chi connectivity index (χ0n) is 10.3. The fourth-order valence-corrected chi connectivity index (χ4v) is 2.86. The monoisotopic (exact) mass is 257 g/mol. The van der Waals surface area contributed by atoms with Crippen molar-refractivity contribution in [3.63, 3.8) is 0 Å².